The number of carbonyl (C=O) groups excluding carboxylic acids is 1. The number of halogens is 1. The van der Waals surface area contributed by atoms with Crippen molar-refractivity contribution in [2.24, 2.45) is 5.73 Å². The molecule has 3 unspecified atom stereocenters. The number of likely N-dealkylation sites (tertiary alicyclic amines) is 1. The zero-order valence-electron chi connectivity index (χ0n) is 11.8. The number of amides is 1. The van der Waals surface area contributed by atoms with Crippen molar-refractivity contribution >= 4 is 30.1 Å². The van der Waals surface area contributed by atoms with Crippen LogP contribution in [0, 0.1) is 0 Å². The minimum atomic E-state index is -0.316. The molecule has 108 valence electrons. The molecule has 1 heterocycles. The number of nitrogens with two attached hydrogens (primary N) is 1. The zero-order valence-corrected chi connectivity index (χ0v) is 13.4. The topological polar surface area (TPSA) is 49.6 Å². The maximum atomic E-state index is 12.1. The third kappa shape index (κ3) is 4.30. The van der Waals surface area contributed by atoms with Gasteiger partial charge in [-0.15, -0.1) is 12.4 Å². The number of hydrogen-bond acceptors (Lipinski definition) is 4. The van der Waals surface area contributed by atoms with Crippen molar-refractivity contribution in [2.45, 2.75) is 37.1 Å². The molecule has 1 amide bonds. The highest BCUT2D eigenvalue weighted by Crippen LogP contribution is 2.24. The Kier molecular flexibility index (Phi) is 8.26. The maximum absolute atomic E-state index is 12.1. The van der Waals surface area contributed by atoms with Gasteiger partial charge in [-0.2, -0.15) is 11.8 Å². The van der Waals surface area contributed by atoms with Crippen LogP contribution in [0.4, 0.5) is 0 Å². The molecule has 1 aliphatic rings. The summed E-state index contributed by atoms with van der Waals surface area (Å²) in [5, 5.41) is 0.503. The van der Waals surface area contributed by atoms with Gasteiger partial charge < -0.3 is 15.5 Å². The summed E-state index contributed by atoms with van der Waals surface area (Å²) >= 11 is 1.84. The van der Waals surface area contributed by atoms with E-state index >= 15 is 0 Å². The number of hydrogen-bond donors (Lipinski definition) is 1. The zero-order chi connectivity index (χ0) is 13.0. The molecule has 0 spiro atoms. The number of thioether (sulfide) groups is 1. The summed E-state index contributed by atoms with van der Waals surface area (Å²) < 4.78 is 0. The smallest absolute Gasteiger partial charge is 0.239 e. The van der Waals surface area contributed by atoms with Gasteiger partial charge in [-0.1, -0.05) is 13.3 Å². The molecule has 6 heteroatoms. The van der Waals surface area contributed by atoms with E-state index in [0.717, 1.165) is 25.9 Å². The molecule has 1 rings (SSSR count). The van der Waals surface area contributed by atoms with E-state index in [1.54, 1.807) is 0 Å². The summed E-state index contributed by atoms with van der Waals surface area (Å²) in [5.74, 6) is 0.121. The van der Waals surface area contributed by atoms with Crippen LogP contribution in [0.1, 0.15) is 19.8 Å². The van der Waals surface area contributed by atoms with Crippen LogP contribution < -0.4 is 5.73 Å². The van der Waals surface area contributed by atoms with Crippen molar-refractivity contribution in [3.05, 3.63) is 0 Å². The van der Waals surface area contributed by atoms with E-state index in [1.807, 2.05) is 16.7 Å². The van der Waals surface area contributed by atoms with E-state index in [1.165, 1.54) is 0 Å². The van der Waals surface area contributed by atoms with Crippen LogP contribution in [0.25, 0.3) is 0 Å². The van der Waals surface area contributed by atoms with Crippen LogP contribution in [0.5, 0.6) is 0 Å². The Bertz CT molecular complexity index is 266. The SMILES string of the molecule is CCCC(N)C(=O)N1CC(SC)C(N(C)C)C1.Cl. The lowest BCUT2D eigenvalue weighted by atomic mass is 10.1. The predicted molar refractivity (Wildman–Crippen MR) is 81.5 cm³/mol. The first-order valence-electron chi connectivity index (χ1n) is 6.24. The molecule has 3 atom stereocenters. The van der Waals surface area contributed by atoms with Gasteiger partial charge in [0.05, 0.1) is 6.04 Å². The van der Waals surface area contributed by atoms with Gasteiger partial charge in [0.2, 0.25) is 5.91 Å². The molecule has 2 N–H and O–H groups in total. The van der Waals surface area contributed by atoms with Gasteiger partial charge in [0.1, 0.15) is 0 Å². The maximum Gasteiger partial charge on any atom is 0.239 e. The summed E-state index contributed by atoms with van der Waals surface area (Å²) in [4.78, 5) is 16.3. The van der Waals surface area contributed by atoms with Gasteiger partial charge in [-0.25, -0.2) is 0 Å². The van der Waals surface area contributed by atoms with Gasteiger partial charge in [0, 0.05) is 24.4 Å². The van der Waals surface area contributed by atoms with E-state index in [4.69, 9.17) is 5.73 Å². The van der Waals surface area contributed by atoms with E-state index in [9.17, 15) is 4.79 Å². The molecule has 0 aromatic carbocycles. The highest BCUT2D eigenvalue weighted by Gasteiger charge is 2.37. The molecule has 0 aromatic rings. The summed E-state index contributed by atoms with van der Waals surface area (Å²) in [6, 6.07) is 0.131. The average molecular weight is 296 g/mol. The van der Waals surface area contributed by atoms with Crippen molar-refractivity contribution in [3.63, 3.8) is 0 Å². The average Bonchev–Trinajstić information content (AvgIpc) is 2.72. The molecule has 0 bridgehead atoms. The van der Waals surface area contributed by atoms with Crippen LogP contribution in [0.2, 0.25) is 0 Å². The second kappa shape index (κ2) is 8.25. The lowest BCUT2D eigenvalue weighted by Gasteiger charge is -2.23. The Morgan fingerprint density at radius 3 is 2.50 bits per heavy atom. The van der Waals surface area contributed by atoms with E-state index < -0.39 is 0 Å². The van der Waals surface area contributed by atoms with Gasteiger partial charge in [-0.3, -0.25) is 4.79 Å². The fraction of sp³-hybridized carbons (Fsp3) is 0.917. The monoisotopic (exact) mass is 295 g/mol. The van der Waals surface area contributed by atoms with Crippen molar-refractivity contribution in [3.8, 4) is 0 Å². The molecule has 18 heavy (non-hydrogen) atoms. The van der Waals surface area contributed by atoms with Crippen molar-refractivity contribution in [1.82, 2.24) is 9.80 Å². The van der Waals surface area contributed by atoms with Crippen molar-refractivity contribution in [1.29, 1.82) is 0 Å². The number of carbonyl (C=O) groups is 1. The van der Waals surface area contributed by atoms with Gasteiger partial charge >= 0.3 is 0 Å². The number of nitrogens with zero attached hydrogens (tertiary/aromatic N) is 2. The standard InChI is InChI=1S/C12H25N3OS.ClH/c1-5-6-9(13)12(16)15-7-10(14(2)3)11(8-15)17-4;/h9-11H,5-8,13H2,1-4H3;1H. The molecule has 1 fully saturated rings. The Labute approximate surface area is 121 Å². The Morgan fingerprint density at radius 1 is 1.50 bits per heavy atom. The molecular weight excluding hydrogens is 270 g/mol. The lowest BCUT2D eigenvalue weighted by Crippen LogP contribution is -2.43. The highest BCUT2D eigenvalue weighted by atomic mass is 35.5. The van der Waals surface area contributed by atoms with E-state index in [0.29, 0.717) is 11.3 Å². The lowest BCUT2D eigenvalue weighted by molar-refractivity contribution is -0.131. The van der Waals surface area contributed by atoms with Crippen LogP contribution in [-0.2, 0) is 4.79 Å². The predicted octanol–water partition coefficient (Wildman–Crippen LogP) is 1.04. The molecular formula is C12H26ClN3OS. The number of rotatable bonds is 5. The third-order valence-corrected chi connectivity index (χ3v) is 4.50. The first-order valence-corrected chi connectivity index (χ1v) is 7.53. The quantitative estimate of drug-likeness (QED) is 0.823. The molecule has 0 aliphatic carbocycles. The summed E-state index contributed by atoms with van der Waals surface area (Å²) in [5.41, 5.74) is 5.90. The number of likely N-dealkylation sites (N-methyl/N-ethyl adjacent to an activating group) is 1. The van der Waals surface area contributed by atoms with Crippen LogP contribution in [0.3, 0.4) is 0 Å². The van der Waals surface area contributed by atoms with Crippen molar-refractivity contribution in [2.75, 3.05) is 33.4 Å². The summed E-state index contributed by atoms with van der Waals surface area (Å²) in [7, 11) is 4.15. The fourth-order valence-corrected chi connectivity index (χ4v) is 3.31. The molecule has 0 saturated carbocycles. The Balaban J connectivity index is 0.00000289. The minimum absolute atomic E-state index is 0. The third-order valence-electron chi connectivity index (χ3n) is 3.43. The first-order chi connectivity index (χ1) is 8.01. The Hall–Kier alpha value is 0.0300. The first kappa shape index (κ1) is 18.0. The van der Waals surface area contributed by atoms with Gasteiger partial charge in [-0.05, 0) is 26.8 Å². The largest absolute Gasteiger partial charge is 0.339 e. The van der Waals surface area contributed by atoms with Crippen LogP contribution in [-0.4, -0.2) is 66.5 Å². The highest BCUT2D eigenvalue weighted by molar-refractivity contribution is 7.99. The fourth-order valence-electron chi connectivity index (χ4n) is 2.33. The normalized spacial score (nSPS) is 25.1. The summed E-state index contributed by atoms with van der Waals surface area (Å²) in [6.45, 7) is 3.71. The summed E-state index contributed by atoms with van der Waals surface area (Å²) in [6.07, 6.45) is 3.86. The van der Waals surface area contributed by atoms with Crippen LogP contribution >= 0.6 is 24.2 Å². The second-order valence-corrected chi connectivity index (χ2v) is 6.02. The Morgan fingerprint density at radius 2 is 2.11 bits per heavy atom. The molecule has 1 saturated heterocycles. The van der Waals surface area contributed by atoms with Crippen molar-refractivity contribution < 1.29 is 4.79 Å². The van der Waals surface area contributed by atoms with E-state index in [2.05, 4.69) is 32.2 Å². The second-order valence-electron chi connectivity index (χ2n) is 4.94. The molecule has 4 nitrogen and oxygen atoms in total. The van der Waals surface area contributed by atoms with Gasteiger partial charge in [0.15, 0.2) is 0 Å². The van der Waals surface area contributed by atoms with Gasteiger partial charge in [0.25, 0.3) is 0 Å². The minimum Gasteiger partial charge on any atom is -0.339 e. The molecule has 0 radical (unpaired) electrons. The molecule has 1 aliphatic heterocycles. The van der Waals surface area contributed by atoms with Crippen LogP contribution in [0.15, 0.2) is 0 Å². The molecule has 0 aromatic heterocycles. The van der Waals surface area contributed by atoms with E-state index in [-0.39, 0.29) is 24.4 Å².